The van der Waals surface area contributed by atoms with Crippen LogP contribution in [0.5, 0.6) is 23.0 Å². The van der Waals surface area contributed by atoms with Crippen LogP contribution in [0.15, 0.2) is 194 Å². The number of hydrogen-bond donors (Lipinski definition) is 0. The quantitative estimate of drug-likeness (QED) is 0.168. The smallest absolute Gasteiger partial charge is 0.260 e. The van der Waals surface area contributed by atoms with Crippen molar-refractivity contribution in [3.05, 3.63) is 194 Å². The third-order valence-corrected chi connectivity index (χ3v) is 12.9. The lowest BCUT2D eigenvalue weighted by molar-refractivity contribution is 0.464. The van der Waals surface area contributed by atoms with Gasteiger partial charge in [-0.2, -0.15) is 0 Å². The summed E-state index contributed by atoms with van der Waals surface area (Å²) < 4.78 is 21.2. The van der Waals surface area contributed by atoms with Crippen molar-refractivity contribution in [2.75, 3.05) is 0 Å². The fourth-order valence-electron chi connectivity index (χ4n) is 10.5. The van der Waals surface area contributed by atoms with E-state index in [0.717, 1.165) is 73.0 Å². The molecule has 0 spiro atoms. The molecule has 0 unspecified atom stereocenters. The Labute approximate surface area is 344 Å². The highest BCUT2D eigenvalue weighted by Gasteiger charge is 2.41. The van der Waals surface area contributed by atoms with Crippen LogP contribution in [-0.2, 0) is 0 Å². The fraction of sp³-hybridized carbons (Fsp3) is 0. The molecule has 0 aliphatic carbocycles. The maximum atomic E-state index is 7.17. The second-order valence-corrected chi connectivity index (χ2v) is 16.0. The Bertz CT molecular complexity index is 3750. The highest BCUT2D eigenvalue weighted by atomic mass is 16.5. The third-order valence-electron chi connectivity index (χ3n) is 12.9. The van der Waals surface area contributed by atoms with Crippen LogP contribution < -0.4 is 25.9 Å². The lowest BCUT2D eigenvalue weighted by Gasteiger charge is -2.33. The standard InChI is InChI=1S/C54H32BN3O2/c1-2-14-33(15-3-1)56-46-24-12-7-19-40(46)52-47(56)29-27-39-38-18-6-11-23-45(38)58(54(39)52)34-26-28-42-49(30-34)60-51-32-35(31-50-53(51)55(42)41-20-8-13-25-48(41)59-50)57-43-21-9-4-16-36(43)37-17-5-10-22-44(37)57/h1-32H. The van der Waals surface area contributed by atoms with E-state index in [1.54, 1.807) is 0 Å². The number of benzene rings is 9. The Morgan fingerprint density at radius 2 is 0.833 bits per heavy atom. The number of hydrogen-bond acceptors (Lipinski definition) is 2. The van der Waals surface area contributed by atoms with Crippen LogP contribution in [0.2, 0.25) is 0 Å². The van der Waals surface area contributed by atoms with Crippen LogP contribution in [-0.4, -0.2) is 20.4 Å². The molecular formula is C54H32BN3O2. The van der Waals surface area contributed by atoms with Gasteiger partial charge >= 0.3 is 0 Å². The Hall–Kier alpha value is -7.96. The van der Waals surface area contributed by atoms with Crippen molar-refractivity contribution in [1.29, 1.82) is 0 Å². The lowest BCUT2D eigenvalue weighted by Crippen LogP contribution is -2.57. The summed E-state index contributed by atoms with van der Waals surface area (Å²) in [7, 11) is 0. The van der Waals surface area contributed by atoms with E-state index in [1.807, 2.05) is 0 Å². The molecule has 0 bridgehead atoms. The first-order chi connectivity index (χ1) is 29.8. The van der Waals surface area contributed by atoms with Crippen LogP contribution in [0.4, 0.5) is 0 Å². The number of fused-ring (bicyclic) bond motifs is 14. The highest BCUT2D eigenvalue weighted by molar-refractivity contribution is 6.98. The van der Waals surface area contributed by atoms with Gasteiger partial charge < -0.3 is 23.2 Å². The van der Waals surface area contributed by atoms with Gasteiger partial charge in [-0.3, -0.25) is 0 Å². The molecule has 0 radical (unpaired) electrons. The van der Waals surface area contributed by atoms with Crippen molar-refractivity contribution in [3.8, 4) is 40.1 Å². The third kappa shape index (κ3) is 4.21. The zero-order valence-corrected chi connectivity index (χ0v) is 32.2. The molecule has 0 amide bonds. The Balaban J connectivity index is 1.03. The molecule has 14 rings (SSSR count). The van der Waals surface area contributed by atoms with E-state index in [1.165, 1.54) is 48.9 Å². The topological polar surface area (TPSA) is 33.2 Å². The molecule has 6 heteroatoms. The molecule has 9 aromatic carbocycles. The molecular weight excluding hydrogens is 733 g/mol. The predicted octanol–water partition coefficient (Wildman–Crippen LogP) is 11.7. The largest absolute Gasteiger partial charge is 0.458 e. The summed E-state index contributed by atoms with van der Waals surface area (Å²) in [5, 5.41) is 7.31. The Morgan fingerprint density at radius 3 is 1.55 bits per heavy atom. The number of ether oxygens (including phenoxy) is 2. The van der Waals surface area contributed by atoms with E-state index in [2.05, 4.69) is 208 Å². The van der Waals surface area contributed by atoms with Gasteiger partial charge in [0.1, 0.15) is 23.0 Å². The van der Waals surface area contributed by atoms with Crippen molar-refractivity contribution in [2.45, 2.75) is 0 Å². The molecule has 0 fully saturated rings. The van der Waals surface area contributed by atoms with E-state index in [4.69, 9.17) is 9.47 Å². The molecule has 3 aromatic heterocycles. The minimum absolute atomic E-state index is 0.0568. The number of aromatic nitrogens is 3. The summed E-state index contributed by atoms with van der Waals surface area (Å²) in [5.41, 5.74) is 13.5. The predicted molar refractivity (Wildman–Crippen MR) is 247 cm³/mol. The first-order valence-electron chi connectivity index (χ1n) is 20.5. The molecule has 5 nitrogen and oxygen atoms in total. The number of rotatable bonds is 3. The second kappa shape index (κ2) is 11.8. The first kappa shape index (κ1) is 32.1. The van der Waals surface area contributed by atoms with Crippen LogP contribution in [0.3, 0.4) is 0 Å². The average molecular weight is 766 g/mol. The summed E-state index contributed by atoms with van der Waals surface area (Å²) in [6.07, 6.45) is 0. The van der Waals surface area contributed by atoms with Gasteiger partial charge in [0.05, 0.1) is 38.8 Å². The van der Waals surface area contributed by atoms with Crippen molar-refractivity contribution in [2.24, 2.45) is 0 Å². The number of nitrogens with zero attached hydrogens (tertiary/aromatic N) is 3. The van der Waals surface area contributed by atoms with Gasteiger partial charge in [-0.15, -0.1) is 0 Å². The zero-order chi connectivity index (χ0) is 39.1. The average Bonchev–Trinajstić information content (AvgIpc) is 3.95. The molecule has 2 aliphatic rings. The van der Waals surface area contributed by atoms with Crippen molar-refractivity contribution in [3.63, 3.8) is 0 Å². The summed E-state index contributed by atoms with van der Waals surface area (Å²) in [4.78, 5) is 0. The molecule has 5 heterocycles. The van der Waals surface area contributed by atoms with Crippen molar-refractivity contribution >= 4 is 88.5 Å². The van der Waals surface area contributed by atoms with Crippen LogP contribution >= 0.6 is 0 Å². The summed E-state index contributed by atoms with van der Waals surface area (Å²) in [5.74, 6) is 3.35. The van der Waals surface area contributed by atoms with Crippen LogP contribution in [0, 0.1) is 0 Å². The van der Waals surface area contributed by atoms with Gasteiger partial charge in [0.15, 0.2) is 0 Å². The maximum absolute atomic E-state index is 7.17. The van der Waals surface area contributed by atoms with E-state index in [0.29, 0.717) is 0 Å². The summed E-state index contributed by atoms with van der Waals surface area (Å²) >= 11 is 0. The molecule has 2 aliphatic heterocycles. The maximum Gasteiger partial charge on any atom is 0.260 e. The molecule has 278 valence electrons. The zero-order valence-electron chi connectivity index (χ0n) is 32.2. The summed E-state index contributed by atoms with van der Waals surface area (Å²) in [6, 6.07) is 69.8. The molecule has 0 atom stereocenters. The Morgan fingerprint density at radius 1 is 0.317 bits per heavy atom. The van der Waals surface area contributed by atoms with Gasteiger partial charge in [0.2, 0.25) is 0 Å². The van der Waals surface area contributed by atoms with Crippen molar-refractivity contribution in [1.82, 2.24) is 13.7 Å². The van der Waals surface area contributed by atoms with Gasteiger partial charge in [0, 0.05) is 67.4 Å². The van der Waals surface area contributed by atoms with Gasteiger partial charge in [-0.05, 0) is 65.5 Å². The SMILES string of the molecule is c1ccc(-n2c3ccccc3c3c2ccc2c4ccccc4n(-c4ccc5c(c4)Oc4cc(-n6c7ccccc7c7ccccc76)cc6c4B5c4ccccc4O6)c23)cc1. The number of para-hydroxylation sites is 6. The van der Waals surface area contributed by atoms with Crippen LogP contribution in [0.25, 0.3) is 82.5 Å². The lowest BCUT2D eigenvalue weighted by atomic mass is 9.35. The second-order valence-electron chi connectivity index (χ2n) is 16.0. The minimum atomic E-state index is -0.0568. The summed E-state index contributed by atoms with van der Waals surface area (Å²) in [6.45, 7) is -0.0568. The molecule has 60 heavy (non-hydrogen) atoms. The van der Waals surface area contributed by atoms with Gasteiger partial charge in [-0.25, -0.2) is 0 Å². The monoisotopic (exact) mass is 765 g/mol. The van der Waals surface area contributed by atoms with E-state index < -0.39 is 0 Å². The molecule has 0 saturated carbocycles. The first-order valence-corrected chi connectivity index (χ1v) is 20.5. The van der Waals surface area contributed by atoms with Crippen LogP contribution in [0.1, 0.15) is 0 Å². The normalized spacial score (nSPS) is 12.9. The van der Waals surface area contributed by atoms with Crippen molar-refractivity contribution < 1.29 is 9.47 Å². The molecule has 0 saturated heterocycles. The molecule has 0 N–H and O–H groups in total. The Kier molecular flexibility index (Phi) is 6.31. The highest BCUT2D eigenvalue weighted by Crippen LogP contribution is 2.44. The van der Waals surface area contributed by atoms with E-state index in [-0.39, 0.29) is 6.71 Å². The van der Waals surface area contributed by atoms with Gasteiger partial charge in [-0.1, -0.05) is 121 Å². The fourth-order valence-corrected chi connectivity index (χ4v) is 10.5. The molecule has 12 aromatic rings. The van der Waals surface area contributed by atoms with E-state index >= 15 is 0 Å². The van der Waals surface area contributed by atoms with Gasteiger partial charge in [0.25, 0.3) is 6.71 Å². The minimum Gasteiger partial charge on any atom is -0.458 e. The van der Waals surface area contributed by atoms with E-state index in [9.17, 15) is 0 Å².